The molecule has 27 N–H and O–H groups in total. The fourth-order valence-electron chi connectivity index (χ4n) is 13.6. The molecule has 0 spiro atoms. The molecule has 0 aromatic rings. The van der Waals surface area contributed by atoms with Gasteiger partial charge in [0.2, 0.25) is 23.6 Å². The zero-order chi connectivity index (χ0) is 78.6. The second-order valence-electron chi connectivity index (χ2n) is 26.8. The van der Waals surface area contributed by atoms with Crippen molar-refractivity contribution in [2.45, 2.75) is 292 Å². The highest BCUT2D eigenvalue weighted by Crippen LogP contribution is 2.41. The molecule has 8 heterocycles. The Kier molecular flexibility index (Phi) is 30.9. The number of ether oxygens (including phenoxy) is 15. The molecular formula is C59H98N4O43. The van der Waals surface area contributed by atoms with E-state index in [0.29, 0.717) is 0 Å². The minimum absolute atomic E-state index is 0.862. The third-order valence-electron chi connectivity index (χ3n) is 19.2. The molecular weight excluding hydrogens is 1450 g/mol. The molecule has 612 valence electrons. The van der Waals surface area contributed by atoms with Crippen LogP contribution in [-0.2, 0) is 95.0 Å². The van der Waals surface area contributed by atoms with E-state index in [4.69, 9.17) is 71.1 Å². The fourth-order valence-corrected chi connectivity index (χ4v) is 13.6. The van der Waals surface area contributed by atoms with Crippen molar-refractivity contribution < 1.29 is 212 Å². The van der Waals surface area contributed by atoms with E-state index < -0.39 is 333 Å². The predicted octanol–water partition coefficient (Wildman–Crippen LogP) is -17.6. The Morgan fingerprint density at radius 2 is 0.792 bits per heavy atom. The predicted molar refractivity (Wildman–Crippen MR) is 327 cm³/mol. The summed E-state index contributed by atoms with van der Waals surface area (Å²) in [6, 6.07) is -7.41. The van der Waals surface area contributed by atoms with Crippen LogP contribution in [0, 0.1) is 0 Å². The van der Waals surface area contributed by atoms with Gasteiger partial charge in [0, 0.05) is 34.1 Å². The SMILES string of the molecule is CC(=O)N[C@@H]1[C@@H](O[C@@H]2O[C@H](CO)[C@H](O)[C@H](O[C@]3(C(=O)O)C[C@H](O)[C@@H](NC(C)=O)[C@H]([C@H](O)[C@H](O)CO)O3)[C@H]2O)[C@@H](O)[C@@H](CO[C@@H]2O[C@H](CO)[C@@H](O[C@@H]3O[C@H](CO)[C@H](O)[C@H](O[C@@H]4O[C@H](CO)[C@@H](O)[C@H](O[C@@H]5O[C@H](CO)[C@H](O)[C@H](O)[C@H]5O)[C@H]4NC(C)=O)[C@H]3O)[C@H](O[C@@H]3O[C@@H](C)[C@@H](O)[C@@H](O)[C@@H]3O)[C@H]2NC(C)=O)O[C@@H]1O. The van der Waals surface area contributed by atoms with Gasteiger partial charge in [-0.2, -0.15) is 0 Å². The molecule has 0 bridgehead atoms. The molecule has 47 heteroatoms. The van der Waals surface area contributed by atoms with Crippen LogP contribution in [0.1, 0.15) is 41.0 Å². The number of rotatable bonds is 28. The van der Waals surface area contributed by atoms with Gasteiger partial charge in [-0.3, -0.25) is 19.2 Å². The monoisotopic (exact) mass is 1550 g/mol. The molecule has 41 atom stereocenters. The summed E-state index contributed by atoms with van der Waals surface area (Å²) in [6.45, 7) is -2.78. The molecule has 8 saturated heterocycles. The van der Waals surface area contributed by atoms with Crippen LogP contribution in [0.4, 0.5) is 0 Å². The van der Waals surface area contributed by atoms with Crippen molar-refractivity contribution in [3.8, 4) is 0 Å². The molecule has 0 aromatic heterocycles. The Labute approximate surface area is 600 Å². The average Bonchev–Trinajstić information content (AvgIpc) is 0.757. The summed E-state index contributed by atoms with van der Waals surface area (Å²) in [7, 11) is 0. The maximum Gasteiger partial charge on any atom is 0.364 e. The summed E-state index contributed by atoms with van der Waals surface area (Å²) in [6.07, 6.45) is -75.9. The zero-order valence-corrected chi connectivity index (χ0v) is 57.2. The number of carboxylic acids is 1. The van der Waals surface area contributed by atoms with Crippen LogP contribution in [0.15, 0.2) is 0 Å². The Morgan fingerprint density at radius 1 is 0.406 bits per heavy atom. The van der Waals surface area contributed by atoms with Gasteiger partial charge in [-0.1, -0.05) is 0 Å². The van der Waals surface area contributed by atoms with E-state index in [2.05, 4.69) is 21.3 Å². The summed E-state index contributed by atoms with van der Waals surface area (Å²) in [5.74, 6) is -9.09. The number of carbonyl (C=O) groups is 5. The topological polar surface area (TPSA) is 737 Å². The maximum atomic E-state index is 13.4. The van der Waals surface area contributed by atoms with Crippen LogP contribution in [0.3, 0.4) is 0 Å². The number of carbonyl (C=O) groups excluding carboxylic acids is 4. The maximum absolute atomic E-state index is 13.4. The van der Waals surface area contributed by atoms with Crippen molar-refractivity contribution in [1.82, 2.24) is 21.3 Å². The number of nitrogens with one attached hydrogen (secondary N) is 4. The van der Waals surface area contributed by atoms with E-state index in [-0.39, 0.29) is 0 Å². The Hall–Kier alpha value is -4.13. The molecule has 4 amide bonds. The average molecular weight is 1550 g/mol. The second kappa shape index (κ2) is 37.5. The third-order valence-corrected chi connectivity index (χ3v) is 19.2. The zero-order valence-electron chi connectivity index (χ0n) is 57.2. The summed E-state index contributed by atoms with van der Waals surface area (Å²) >= 11 is 0. The molecule has 0 radical (unpaired) electrons. The van der Waals surface area contributed by atoms with Crippen molar-refractivity contribution in [3.63, 3.8) is 0 Å². The molecule has 8 aliphatic heterocycles. The molecule has 0 saturated carbocycles. The normalized spacial score (nSPS) is 47.2. The number of aliphatic hydroxyl groups is 22. The minimum Gasteiger partial charge on any atom is -0.477 e. The molecule has 8 fully saturated rings. The number of aliphatic hydroxyl groups excluding tert-OH is 22. The van der Waals surface area contributed by atoms with Crippen molar-refractivity contribution in [2.24, 2.45) is 0 Å². The Morgan fingerprint density at radius 3 is 1.30 bits per heavy atom. The highest BCUT2D eigenvalue weighted by atomic mass is 16.8. The molecule has 0 aliphatic carbocycles. The van der Waals surface area contributed by atoms with Crippen molar-refractivity contribution in [2.75, 3.05) is 46.2 Å². The molecule has 47 nitrogen and oxygen atoms in total. The van der Waals surface area contributed by atoms with Crippen LogP contribution in [0.25, 0.3) is 0 Å². The van der Waals surface area contributed by atoms with E-state index in [1.165, 1.54) is 6.92 Å². The Balaban J connectivity index is 1.09. The molecule has 8 aliphatic rings. The van der Waals surface area contributed by atoms with Crippen LogP contribution in [0.2, 0.25) is 0 Å². The van der Waals surface area contributed by atoms with E-state index in [1.807, 2.05) is 0 Å². The number of hydrogen-bond donors (Lipinski definition) is 27. The first-order chi connectivity index (χ1) is 49.9. The van der Waals surface area contributed by atoms with Gasteiger partial charge in [0.15, 0.2) is 44.0 Å². The first kappa shape index (κ1) is 87.4. The van der Waals surface area contributed by atoms with Crippen LogP contribution >= 0.6 is 0 Å². The van der Waals surface area contributed by atoms with Gasteiger partial charge in [0.25, 0.3) is 5.79 Å². The summed E-state index contributed by atoms with van der Waals surface area (Å²) in [5, 5.41) is 263. The molecule has 0 unspecified atom stereocenters. The van der Waals surface area contributed by atoms with E-state index in [9.17, 15) is 141 Å². The summed E-state index contributed by atoms with van der Waals surface area (Å²) < 4.78 is 88.6. The lowest BCUT2D eigenvalue weighted by Crippen LogP contribution is -2.71. The molecule has 106 heavy (non-hydrogen) atoms. The number of aliphatic carboxylic acids is 1. The largest absolute Gasteiger partial charge is 0.477 e. The summed E-state index contributed by atoms with van der Waals surface area (Å²) in [5.41, 5.74) is 0. The second-order valence-corrected chi connectivity index (χ2v) is 26.8. The van der Waals surface area contributed by atoms with Gasteiger partial charge in [-0.05, 0) is 6.92 Å². The lowest BCUT2D eigenvalue weighted by Gasteiger charge is -2.51. The van der Waals surface area contributed by atoms with Crippen LogP contribution < -0.4 is 21.3 Å². The van der Waals surface area contributed by atoms with Crippen LogP contribution in [-0.4, -0.2) is 444 Å². The Bertz CT molecular complexity index is 2850. The van der Waals surface area contributed by atoms with E-state index in [1.54, 1.807) is 0 Å². The van der Waals surface area contributed by atoms with Gasteiger partial charge in [-0.15, -0.1) is 0 Å². The van der Waals surface area contributed by atoms with Gasteiger partial charge >= 0.3 is 5.97 Å². The van der Waals surface area contributed by atoms with Gasteiger partial charge < -0.3 is 210 Å². The van der Waals surface area contributed by atoms with Gasteiger partial charge in [-0.25, -0.2) is 4.79 Å². The number of amides is 4. The van der Waals surface area contributed by atoms with Gasteiger partial charge in [0.05, 0.1) is 64.5 Å². The van der Waals surface area contributed by atoms with Crippen molar-refractivity contribution >= 4 is 29.6 Å². The highest BCUT2D eigenvalue weighted by molar-refractivity contribution is 5.77. The number of hydrogen-bond acceptors (Lipinski definition) is 42. The minimum atomic E-state index is -3.28. The summed E-state index contributed by atoms with van der Waals surface area (Å²) in [4.78, 5) is 64.4. The smallest absolute Gasteiger partial charge is 0.364 e. The highest BCUT2D eigenvalue weighted by Gasteiger charge is 2.63. The lowest BCUT2D eigenvalue weighted by molar-refractivity contribution is -0.389. The van der Waals surface area contributed by atoms with Gasteiger partial charge in [0.1, 0.15) is 183 Å². The van der Waals surface area contributed by atoms with Crippen LogP contribution in [0.5, 0.6) is 0 Å². The van der Waals surface area contributed by atoms with Crippen molar-refractivity contribution in [3.05, 3.63) is 0 Å². The lowest BCUT2D eigenvalue weighted by atomic mass is 9.88. The third kappa shape index (κ3) is 19.1. The van der Waals surface area contributed by atoms with E-state index >= 15 is 0 Å². The van der Waals surface area contributed by atoms with Crippen molar-refractivity contribution in [1.29, 1.82) is 0 Å². The molecule has 0 aromatic carbocycles. The quantitative estimate of drug-likeness (QED) is 0.0346. The standard InChI is InChI=1S/C59H98N4O43/c1-14-31(76)38(83)40(85)54(93-14)103-48-30(63-18(5)73)52(99-25(12-69)44(48)100-56-42(87)49(35(80)23(10-67)97-56)104-53-29(62-17(4)72)46(34(79)22(9-66)95-53)102-55-41(86)39(84)33(78)21(8-65)96-55)92-13-26-37(82)45(28(51(89)94-26)61-16(3)71)101-57-43(88)50(36(81)24(11-68)98-57)106-59(58(90)91)6-19(74)27(60-15(2)70)47(105-59)32(77)20(75)7-64/h14,19-57,64-69,74-89H,6-13H2,1-5H3,(H,60,70)(H,61,71)(H,62,72)(H,63,73)(H,90,91)/t14-,19-,20+,21+,22+,23+,24+,25+,26+,27+,28+,29+,30+,31+,32+,33-,34+,35-,36-,37-,38+,39-,40-,41+,42+,43+,44+,45+,46+,47+,48+,49-,50-,51-,52+,53-,54-,55-,56-,57-,59-/m0/s1. The van der Waals surface area contributed by atoms with E-state index in [0.717, 1.165) is 27.7 Å². The first-order valence-electron chi connectivity index (χ1n) is 33.6. The first-order valence-corrected chi connectivity index (χ1v) is 33.6. The number of carboxylic acid groups (broad SMARTS) is 1. The molecule has 8 rings (SSSR count). The fraction of sp³-hybridized carbons (Fsp3) is 0.915.